The average molecular weight is 339 g/mol. The lowest BCUT2D eigenvalue weighted by Crippen LogP contribution is -2.15. The zero-order valence-electron chi connectivity index (χ0n) is 15.1. The number of aromatic nitrogens is 4. The minimum Gasteiger partial charge on any atom is -0.326 e. The Morgan fingerprint density at radius 3 is 2.72 bits per heavy atom. The second-order valence-electron chi connectivity index (χ2n) is 6.41. The molecule has 132 valence electrons. The SMILES string of the molecule is CCCCc1ccc(NC(=O)CCn2ncc3c2c(C)nn3C)cc1. The molecule has 1 amide bonds. The molecule has 2 heterocycles. The second-order valence-corrected chi connectivity index (χ2v) is 6.41. The highest BCUT2D eigenvalue weighted by atomic mass is 16.1. The maximum absolute atomic E-state index is 12.2. The molecule has 25 heavy (non-hydrogen) atoms. The Hall–Kier alpha value is -2.63. The van der Waals surface area contributed by atoms with Gasteiger partial charge in [0.2, 0.25) is 5.91 Å². The van der Waals surface area contributed by atoms with Crippen LogP contribution in [-0.2, 0) is 24.8 Å². The number of rotatable bonds is 7. The zero-order valence-corrected chi connectivity index (χ0v) is 15.1. The summed E-state index contributed by atoms with van der Waals surface area (Å²) in [7, 11) is 1.90. The van der Waals surface area contributed by atoms with E-state index >= 15 is 0 Å². The number of hydrogen-bond donors (Lipinski definition) is 1. The summed E-state index contributed by atoms with van der Waals surface area (Å²) in [4.78, 5) is 12.2. The largest absolute Gasteiger partial charge is 0.326 e. The first-order valence-electron chi connectivity index (χ1n) is 8.82. The van der Waals surface area contributed by atoms with Crippen molar-refractivity contribution in [3.8, 4) is 0 Å². The number of hydrogen-bond acceptors (Lipinski definition) is 3. The molecule has 1 N–H and O–H groups in total. The average Bonchev–Trinajstić information content (AvgIpc) is 3.14. The molecule has 3 aromatic rings. The van der Waals surface area contributed by atoms with E-state index in [1.54, 1.807) is 6.20 Å². The molecular formula is C19H25N5O. The Labute approximate surface area is 147 Å². The van der Waals surface area contributed by atoms with Crippen molar-refractivity contribution in [2.24, 2.45) is 7.05 Å². The first-order chi connectivity index (χ1) is 12.1. The Kier molecular flexibility index (Phi) is 5.16. The smallest absolute Gasteiger partial charge is 0.226 e. The quantitative estimate of drug-likeness (QED) is 0.717. The highest BCUT2D eigenvalue weighted by Gasteiger charge is 2.12. The van der Waals surface area contributed by atoms with Gasteiger partial charge in [-0.3, -0.25) is 14.2 Å². The Balaban J connectivity index is 1.57. The van der Waals surface area contributed by atoms with Crippen molar-refractivity contribution in [1.82, 2.24) is 19.6 Å². The molecule has 3 rings (SSSR count). The van der Waals surface area contributed by atoms with Gasteiger partial charge in [-0.05, 0) is 37.5 Å². The monoisotopic (exact) mass is 339 g/mol. The molecule has 0 bridgehead atoms. The second kappa shape index (κ2) is 7.51. The van der Waals surface area contributed by atoms with Crippen LogP contribution in [0.5, 0.6) is 0 Å². The third kappa shape index (κ3) is 3.90. The molecule has 0 saturated carbocycles. The van der Waals surface area contributed by atoms with Crippen molar-refractivity contribution in [3.63, 3.8) is 0 Å². The number of nitrogens with zero attached hydrogens (tertiary/aromatic N) is 4. The minimum absolute atomic E-state index is 0.00787. The van der Waals surface area contributed by atoms with Crippen LogP contribution in [0.25, 0.3) is 11.0 Å². The van der Waals surface area contributed by atoms with Gasteiger partial charge in [-0.1, -0.05) is 25.5 Å². The third-order valence-electron chi connectivity index (χ3n) is 4.42. The van der Waals surface area contributed by atoms with Gasteiger partial charge in [0.25, 0.3) is 0 Å². The van der Waals surface area contributed by atoms with E-state index in [0.717, 1.165) is 28.8 Å². The molecule has 0 aliphatic heterocycles. The molecule has 0 spiro atoms. The van der Waals surface area contributed by atoms with Crippen LogP contribution in [0.1, 0.15) is 37.4 Å². The molecule has 0 fully saturated rings. The van der Waals surface area contributed by atoms with Crippen LogP contribution in [0, 0.1) is 6.92 Å². The number of carbonyl (C=O) groups is 1. The summed E-state index contributed by atoms with van der Waals surface area (Å²) in [5.74, 6) is -0.00787. The summed E-state index contributed by atoms with van der Waals surface area (Å²) in [6.45, 7) is 4.69. The fraction of sp³-hybridized carbons (Fsp3) is 0.421. The lowest BCUT2D eigenvalue weighted by atomic mass is 10.1. The van der Waals surface area contributed by atoms with Gasteiger partial charge < -0.3 is 5.32 Å². The van der Waals surface area contributed by atoms with Gasteiger partial charge in [0.1, 0.15) is 11.0 Å². The van der Waals surface area contributed by atoms with Gasteiger partial charge in [-0.15, -0.1) is 0 Å². The van der Waals surface area contributed by atoms with E-state index in [9.17, 15) is 4.79 Å². The number of amides is 1. The van der Waals surface area contributed by atoms with Crippen LogP contribution in [0.4, 0.5) is 5.69 Å². The van der Waals surface area contributed by atoms with E-state index in [1.807, 2.05) is 35.5 Å². The van der Waals surface area contributed by atoms with Crippen LogP contribution in [0.3, 0.4) is 0 Å². The van der Waals surface area contributed by atoms with Crippen molar-refractivity contribution in [3.05, 3.63) is 41.7 Å². The number of benzene rings is 1. The lowest BCUT2D eigenvalue weighted by Gasteiger charge is -2.07. The van der Waals surface area contributed by atoms with Crippen molar-refractivity contribution in [2.75, 3.05) is 5.32 Å². The molecule has 0 atom stereocenters. The Morgan fingerprint density at radius 1 is 1.24 bits per heavy atom. The fourth-order valence-electron chi connectivity index (χ4n) is 3.05. The maximum Gasteiger partial charge on any atom is 0.226 e. The molecular weight excluding hydrogens is 314 g/mol. The molecule has 0 aliphatic rings. The van der Waals surface area contributed by atoms with E-state index in [0.29, 0.717) is 13.0 Å². The molecule has 6 heteroatoms. The maximum atomic E-state index is 12.2. The summed E-state index contributed by atoms with van der Waals surface area (Å²) >= 11 is 0. The van der Waals surface area contributed by atoms with Crippen LogP contribution in [0.2, 0.25) is 0 Å². The van der Waals surface area contributed by atoms with Crippen molar-refractivity contribution < 1.29 is 4.79 Å². The standard InChI is InChI=1S/C19H25N5O/c1-4-5-6-15-7-9-16(10-8-15)21-18(25)11-12-24-19-14(2)22-23(3)17(19)13-20-24/h7-10,13H,4-6,11-12H2,1-3H3,(H,21,25). The van der Waals surface area contributed by atoms with E-state index in [4.69, 9.17) is 0 Å². The molecule has 6 nitrogen and oxygen atoms in total. The highest BCUT2D eigenvalue weighted by Crippen LogP contribution is 2.17. The molecule has 0 unspecified atom stereocenters. The first-order valence-corrected chi connectivity index (χ1v) is 8.82. The summed E-state index contributed by atoms with van der Waals surface area (Å²) < 4.78 is 3.67. The van der Waals surface area contributed by atoms with E-state index in [-0.39, 0.29) is 5.91 Å². The summed E-state index contributed by atoms with van der Waals surface area (Å²) in [6, 6.07) is 8.11. The van der Waals surface area contributed by atoms with Gasteiger partial charge in [-0.2, -0.15) is 10.2 Å². The minimum atomic E-state index is -0.00787. The van der Waals surface area contributed by atoms with Crippen molar-refractivity contribution >= 4 is 22.6 Å². The topological polar surface area (TPSA) is 64.7 Å². The number of carbonyl (C=O) groups excluding carboxylic acids is 1. The normalized spacial score (nSPS) is 11.2. The summed E-state index contributed by atoms with van der Waals surface area (Å²) in [6.07, 6.45) is 5.64. The highest BCUT2D eigenvalue weighted by molar-refractivity contribution is 5.90. The van der Waals surface area contributed by atoms with Crippen LogP contribution >= 0.6 is 0 Å². The van der Waals surface area contributed by atoms with E-state index < -0.39 is 0 Å². The predicted molar refractivity (Wildman–Crippen MR) is 99.5 cm³/mol. The Bertz CT molecular complexity index is 860. The van der Waals surface area contributed by atoms with Crippen molar-refractivity contribution in [2.45, 2.75) is 46.1 Å². The third-order valence-corrected chi connectivity index (χ3v) is 4.42. The predicted octanol–water partition coefficient (Wildman–Crippen LogP) is 3.45. The number of anilines is 1. The van der Waals surface area contributed by atoms with Crippen LogP contribution in [0.15, 0.2) is 30.5 Å². The molecule has 2 aromatic heterocycles. The van der Waals surface area contributed by atoms with Gasteiger partial charge in [0.15, 0.2) is 0 Å². The molecule has 1 aromatic carbocycles. The zero-order chi connectivity index (χ0) is 17.8. The van der Waals surface area contributed by atoms with Gasteiger partial charge >= 0.3 is 0 Å². The molecule has 0 radical (unpaired) electrons. The fourth-order valence-corrected chi connectivity index (χ4v) is 3.05. The summed E-state index contributed by atoms with van der Waals surface area (Å²) in [5, 5.41) is 11.7. The molecule has 0 saturated heterocycles. The number of aryl methyl sites for hydroxylation is 4. The van der Waals surface area contributed by atoms with Gasteiger partial charge in [0, 0.05) is 19.2 Å². The number of unbranched alkanes of at least 4 members (excludes halogenated alkanes) is 1. The van der Waals surface area contributed by atoms with Crippen LogP contribution in [-0.4, -0.2) is 25.5 Å². The van der Waals surface area contributed by atoms with E-state index in [1.165, 1.54) is 18.4 Å². The van der Waals surface area contributed by atoms with Crippen LogP contribution < -0.4 is 5.32 Å². The first kappa shape index (κ1) is 17.2. The Morgan fingerprint density at radius 2 is 2.00 bits per heavy atom. The number of nitrogens with one attached hydrogen (secondary N) is 1. The van der Waals surface area contributed by atoms with Crippen molar-refractivity contribution in [1.29, 1.82) is 0 Å². The van der Waals surface area contributed by atoms with Gasteiger partial charge in [0.05, 0.1) is 18.4 Å². The lowest BCUT2D eigenvalue weighted by molar-refractivity contribution is -0.116. The van der Waals surface area contributed by atoms with E-state index in [2.05, 4.69) is 34.6 Å². The van der Waals surface area contributed by atoms with Gasteiger partial charge in [-0.25, -0.2) is 0 Å². The molecule has 0 aliphatic carbocycles. The summed E-state index contributed by atoms with van der Waals surface area (Å²) in [5.41, 5.74) is 5.06. The number of fused-ring (bicyclic) bond motifs is 1.